The summed E-state index contributed by atoms with van der Waals surface area (Å²) >= 11 is 0. The summed E-state index contributed by atoms with van der Waals surface area (Å²) in [5.74, 6) is -0.259. The Morgan fingerprint density at radius 1 is 1.12 bits per heavy atom. The molecule has 1 unspecified atom stereocenters. The van der Waals surface area contributed by atoms with E-state index in [0.717, 1.165) is 41.3 Å². The Hall–Kier alpha value is -2.37. The number of nitrogens with zero attached hydrogens (tertiary/aromatic N) is 2. The number of benzene rings is 1. The monoisotopic (exact) mass is 484 g/mol. The fourth-order valence-electron chi connectivity index (χ4n) is 4.69. The van der Waals surface area contributed by atoms with Gasteiger partial charge in [0.15, 0.2) is 12.0 Å². The van der Waals surface area contributed by atoms with Crippen molar-refractivity contribution in [3.63, 3.8) is 0 Å². The predicted molar refractivity (Wildman–Crippen MR) is 113 cm³/mol. The van der Waals surface area contributed by atoms with Crippen LogP contribution in [0.5, 0.6) is 0 Å². The van der Waals surface area contributed by atoms with Gasteiger partial charge in [-0.2, -0.15) is 26.7 Å². The van der Waals surface area contributed by atoms with E-state index in [9.17, 15) is 21.6 Å². The zero-order valence-electron chi connectivity index (χ0n) is 17.7. The van der Waals surface area contributed by atoms with Gasteiger partial charge in [-0.05, 0) is 67.4 Å². The first-order valence-corrected chi connectivity index (χ1v) is 12.3. The van der Waals surface area contributed by atoms with E-state index in [0.29, 0.717) is 50.2 Å². The van der Waals surface area contributed by atoms with Crippen LogP contribution >= 0.6 is 0 Å². The van der Waals surface area contributed by atoms with Gasteiger partial charge in [-0.3, -0.25) is 0 Å². The predicted octanol–water partition coefficient (Wildman–Crippen LogP) is 4.61. The van der Waals surface area contributed by atoms with Gasteiger partial charge in [-0.1, -0.05) is 6.08 Å². The van der Waals surface area contributed by atoms with Gasteiger partial charge in [-0.15, -0.1) is 0 Å². The Kier molecular flexibility index (Phi) is 5.74. The minimum atomic E-state index is -5.83. The van der Waals surface area contributed by atoms with Crippen molar-refractivity contribution in [1.29, 1.82) is 0 Å². The summed E-state index contributed by atoms with van der Waals surface area (Å²) in [7, 11) is -5.83. The van der Waals surface area contributed by atoms with Gasteiger partial charge in [0.2, 0.25) is 0 Å². The van der Waals surface area contributed by atoms with Crippen LogP contribution in [0.3, 0.4) is 0 Å². The molecule has 5 rings (SSSR count). The van der Waals surface area contributed by atoms with Crippen molar-refractivity contribution in [2.75, 3.05) is 19.8 Å². The minimum absolute atomic E-state index is 0.197. The molecule has 1 aromatic heterocycles. The highest BCUT2D eigenvalue weighted by molar-refractivity contribution is 7.87. The zero-order valence-corrected chi connectivity index (χ0v) is 18.5. The summed E-state index contributed by atoms with van der Waals surface area (Å²) in [6, 6.07) is 3.36. The molecular formula is C22H23F3N2O5S. The fourth-order valence-corrected chi connectivity index (χ4v) is 5.20. The van der Waals surface area contributed by atoms with Crippen LogP contribution in [0.15, 0.2) is 35.6 Å². The van der Waals surface area contributed by atoms with Crippen LogP contribution in [0.1, 0.15) is 49.5 Å². The lowest BCUT2D eigenvalue weighted by Gasteiger charge is -2.27. The van der Waals surface area contributed by atoms with Gasteiger partial charge >= 0.3 is 15.6 Å². The number of allylic oxidation sites excluding steroid dienone is 1. The Morgan fingerprint density at radius 2 is 1.97 bits per heavy atom. The Bertz CT molecular complexity index is 1240. The quantitative estimate of drug-likeness (QED) is 0.466. The molecule has 7 nitrogen and oxygen atoms in total. The van der Waals surface area contributed by atoms with E-state index in [2.05, 4.69) is 5.10 Å². The van der Waals surface area contributed by atoms with Crippen molar-refractivity contribution in [2.45, 2.75) is 50.3 Å². The summed E-state index contributed by atoms with van der Waals surface area (Å²) in [5.41, 5.74) is -2.44. The molecule has 178 valence electrons. The van der Waals surface area contributed by atoms with Crippen LogP contribution in [-0.2, 0) is 30.2 Å². The molecule has 2 aromatic rings. The Morgan fingerprint density at radius 3 is 2.67 bits per heavy atom. The molecule has 0 amide bonds. The van der Waals surface area contributed by atoms with Crippen LogP contribution in [-0.4, -0.2) is 43.5 Å². The molecule has 0 saturated carbocycles. The second kappa shape index (κ2) is 8.44. The van der Waals surface area contributed by atoms with Crippen molar-refractivity contribution in [3.8, 4) is 0 Å². The highest BCUT2D eigenvalue weighted by Gasteiger charge is 2.49. The van der Waals surface area contributed by atoms with Crippen LogP contribution in [0.2, 0.25) is 0 Å². The van der Waals surface area contributed by atoms with E-state index in [-0.39, 0.29) is 12.0 Å². The first-order chi connectivity index (χ1) is 15.8. The Balaban J connectivity index is 1.63. The van der Waals surface area contributed by atoms with Gasteiger partial charge in [-0.25, -0.2) is 4.68 Å². The lowest BCUT2D eigenvalue weighted by Crippen LogP contribution is -2.26. The summed E-state index contributed by atoms with van der Waals surface area (Å²) < 4.78 is 81.3. The average molecular weight is 484 g/mol. The van der Waals surface area contributed by atoms with Gasteiger partial charge < -0.3 is 13.7 Å². The molecule has 1 aliphatic carbocycles. The molecule has 11 heteroatoms. The smallest absolute Gasteiger partial charge is 0.377 e. The van der Waals surface area contributed by atoms with E-state index in [4.69, 9.17) is 13.7 Å². The molecule has 1 fully saturated rings. The topological polar surface area (TPSA) is 79.7 Å². The van der Waals surface area contributed by atoms with E-state index in [1.54, 1.807) is 29.1 Å². The van der Waals surface area contributed by atoms with Crippen LogP contribution in [0, 0.1) is 0 Å². The third-order valence-corrected chi connectivity index (χ3v) is 7.24. The summed E-state index contributed by atoms with van der Waals surface area (Å²) in [6.45, 7) is 1.38. The number of ether oxygens (including phenoxy) is 2. The summed E-state index contributed by atoms with van der Waals surface area (Å²) in [6.07, 6.45) is 7.43. The highest BCUT2D eigenvalue weighted by atomic mass is 32.2. The molecule has 0 radical (unpaired) electrons. The largest absolute Gasteiger partial charge is 0.534 e. The maximum atomic E-state index is 13.2. The lowest BCUT2D eigenvalue weighted by atomic mass is 9.84. The Labute approximate surface area is 188 Å². The SMILES string of the molecule is O=S(=O)(OC1=C(C2=CCOCC2)CCc2c1ccc1c2cnn1C1CCCCO1)C(F)(F)F. The van der Waals surface area contributed by atoms with Gasteiger partial charge in [0.25, 0.3) is 0 Å². The molecular weight excluding hydrogens is 461 g/mol. The van der Waals surface area contributed by atoms with Crippen molar-refractivity contribution >= 4 is 26.8 Å². The number of fused-ring (bicyclic) bond motifs is 3. The minimum Gasteiger partial charge on any atom is -0.377 e. The number of aryl methyl sites for hydroxylation is 1. The average Bonchev–Trinajstić information content (AvgIpc) is 3.24. The normalized spacial score (nSPS) is 22.3. The van der Waals surface area contributed by atoms with E-state index < -0.39 is 15.6 Å². The number of alkyl halides is 3. The van der Waals surface area contributed by atoms with E-state index in [1.807, 2.05) is 0 Å². The third kappa shape index (κ3) is 4.06. The number of aromatic nitrogens is 2. The molecule has 1 saturated heterocycles. The fraction of sp³-hybridized carbons (Fsp3) is 0.500. The molecule has 0 spiro atoms. The zero-order chi connectivity index (χ0) is 23.2. The molecule has 0 bridgehead atoms. The number of hydrogen-bond acceptors (Lipinski definition) is 6. The van der Waals surface area contributed by atoms with Crippen molar-refractivity contribution in [1.82, 2.24) is 9.78 Å². The van der Waals surface area contributed by atoms with Crippen LogP contribution in [0.4, 0.5) is 13.2 Å². The number of rotatable bonds is 4. The molecule has 3 aliphatic rings. The number of halogens is 3. The number of hydrogen-bond donors (Lipinski definition) is 0. The van der Waals surface area contributed by atoms with Crippen LogP contribution < -0.4 is 0 Å². The van der Waals surface area contributed by atoms with Crippen molar-refractivity contribution in [2.24, 2.45) is 0 Å². The van der Waals surface area contributed by atoms with E-state index in [1.165, 1.54) is 0 Å². The first kappa shape index (κ1) is 22.4. The summed E-state index contributed by atoms with van der Waals surface area (Å²) in [4.78, 5) is 0. The summed E-state index contributed by atoms with van der Waals surface area (Å²) in [5, 5.41) is 5.24. The molecule has 1 aromatic carbocycles. The van der Waals surface area contributed by atoms with E-state index >= 15 is 0 Å². The molecule has 3 heterocycles. The molecule has 33 heavy (non-hydrogen) atoms. The van der Waals surface area contributed by atoms with Crippen molar-refractivity contribution < 1.29 is 35.2 Å². The second-order valence-corrected chi connectivity index (χ2v) is 9.82. The van der Waals surface area contributed by atoms with Gasteiger partial charge in [0, 0.05) is 17.6 Å². The second-order valence-electron chi connectivity index (χ2n) is 8.28. The molecule has 0 N–H and O–H groups in total. The van der Waals surface area contributed by atoms with Crippen molar-refractivity contribution in [3.05, 3.63) is 46.7 Å². The highest BCUT2D eigenvalue weighted by Crippen LogP contribution is 2.43. The molecule has 1 atom stereocenters. The maximum absolute atomic E-state index is 13.2. The van der Waals surface area contributed by atoms with Gasteiger partial charge in [0.05, 0.1) is 24.9 Å². The standard InChI is InChI=1S/C22H23F3N2O5S/c23-22(24,25)33(28,29)32-21-15(14-8-11-30-12-9-14)4-5-16-17(21)6-7-19-18(16)13-26-27(19)20-3-1-2-10-31-20/h6-8,13,20H,1-5,9-12H2. The third-order valence-electron chi connectivity index (χ3n) is 6.29. The van der Waals surface area contributed by atoms with Crippen LogP contribution in [0.25, 0.3) is 16.7 Å². The molecule has 2 aliphatic heterocycles. The maximum Gasteiger partial charge on any atom is 0.534 e. The first-order valence-electron chi connectivity index (χ1n) is 10.9. The lowest BCUT2D eigenvalue weighted by molar-refractivity contribution is -0.0509. The van der Waals surface area contributed by atoms with Gasteiger partial charge in [0.1, 0.15) is 0 Å².